The van der Waals surface area contributed by atoms with Crippen molar-refractivity contribution in [3.63, 3.8) is 0 Å². The van der Waals surface area contributed by atoms with E-state index < -0.39 is 10.8 Å². The summed E-state index contributed by atoms with van der Waals surface area (Å²) < 4.78 is 5.06. The number of nitrogens with zero attached hydrogens (tertiary/aromatic N) is 2. The molecule has 0 saturated heterocycles. The molecule has 126 valence electrons. The molecule has 0 aromatic heterocycles. The summed E-state index contributed by atoms with van der Waals surface area (Å²) in [5, 5.41) is 14.0. The minimum Gasteiger partial charge on any atom is -0.495 e. The van der Waals surface area contributed by atoms with Gasteiger partial charge in [0.05, 0.1) is 22.6 Å². The van der Waals surface area contributed by atoms with Gasteiger partial charge in [-0.1, -0.05) is 11.6 Å². The third-order valence-electron chi connectivity index (χ3n) is 3.33. The molecule has 0 aliphatic rings. The summed E-state index contributed by atoms with van der Waals surface area (Å²) in [6, 6.07) is 8.94. The van der Waals surface area contributed by atoms with Gasteiger partial charge in [0.15, 0.2) is 0 Å². The second-order valence-electron chi connectivity index (χ2n) is 5.16. The fourth-order valence-electron chi connectivity index (χ4n) is 2.15. The number of halogens is 1. The van der Waals surface area contributed by atoms with Gasteiger partial charge in [0.25, 0.3) is 11.6 Å². The average Bonchev–Trinajstić information content (AvgIpc) is 2.54. The number of carbonyl (C=O) groups excluding carboxylic acids is 1. The van der Waals surface area contributed by atoms with Gasteiger partial charge in [-0.3, -0.25) is 14.9 Å². The molecule has 0 atom stereocenters. The molecule has 7 nitrogen and oxygen atoms in total. The highest BCUT2D eigenvalue weighted by atomic mass is 35.5. The molecule has 0 spiro atoms. The fraction of sp³-hybridized carbons (Fsp3) is 0.188. The zero-order chi connectivity index (χ0) is 17.9. The van der Waals surface area contributed by atoms with Gasteiger partial charge >= 0.3 is 0 Å². The first-order chi connectivity index (χ1) is 11.3. The van der Waals surface area contributed by atoms with Crippen molar-refractivity contribution in [1.82, 2.24) is 0 Å². The van der Waals surface area contributed by atoms with Crippen molar-refractivity contribution in [3.8, 4) is 5.75 Å². The zero-order valence-electron chi connectivity index (χ0n) is 13.4. The van der Waals surface area contributed by atoms with Gasteiger partial charge < -0.3 is 15.0 Å². The number of hydrogen-bond donors (Lipinski definition) is 1. The highest BCUT2D eigenvalue weighted by Crippen LogP contribution is 2.29. The topological polar surface area (TPSA) is 84.7 Å². The van der Waals surface area contributed by atoms with Gasteiger partial charge in [0, 0.05) is 37.6 Å². The second-order valence-corrected chi connectivity index (χ2v) is 5.56. The van der Waals surface area contributed by atoms with E-state index in [1.807, 2.05) is 0 Å². The van der Waals surface area contributed by atoms with E-state index in [4.69, 9.17) is 16.3 Å². The smallest absolute Gasteiger partial charge is 0.270 e. The molecule has 8 heteroatoms. The van der Waals surface area contributed by atoms with Crippen molar-refractivity contribution in [1.29, 1.82) is 0 Å². The van der Waals surface area contributed by atoms with Gasteiger partial charge in [-0.15, -0.1) is 0 Å². The third kappa shape index (κ3) is 3.75. The van der Waals surface area contributed by atoms with Crippen molar-refractivity contribution >= 4 is 34.6 Å². The number of nitro benzene ring substituents is 1. The van der Waals surface area contributed by atoms with Crippen LogP contribution >= 0.6 is 11.6 Å². The number of benzene rings is 2. The zero-order valence-corrected chi connectivity index (χ0v) is 14.1. The third-order valence-corrected chi connectivity index (χ3v) is 3.62. The lowest BCUT2D eigenvalue weighted by atomic mass is 10.1. The summed E-state index contributed by atoms with van der Waals surface area (Å²) in [7, 11) is 5.00. The number of methoxy groups -OCH3 is 1. The summed E-state index contributed by atoms with van der Waals surface area (Å²) in [6.45, 7) is 0. The van der Waals surface area contributed by atoms with Crippen LogP contribution in [0.25, 0.3) is 0 Å². The van der Waals surface area contributed by atoms with E-state index in [2.05, 4.69) is 5.32 Å². The van der Waals surface area contributed by atoms with Gasteiger partial charge in [-0.05, 0) is 24.3 Å². The summed E-state index contributed by atoms with van der Waals surface area (Å²) in [4.78, 5) is 24.7. The Labute approximate surface area is 143 Å². The Bertz CT molecular complexity index is 793. The first-order valence-corrected chi connectivity index (χ1v) is 7.32. The Balaban J connectivity index is 2.36. The van der Waals surface area contributed by atoms with Crippen LogP contribution in [0.2, 0.25) is 5.02 Å². The molecule has 1 N–H and O–H groups in total. The van der Waals surface area contributed by atoms with Crippen LogP contribution in [0.3, 0.4) is 0 Å². The van der Waals surface area contributed by atoms with Gasteiger partial charge in [-0.2, -0.15) is 0 Å². The van der Waals surface area contributed by atoms with Crippen LogP contribution in [0.5, 0.6) is 5.75 Å². The molecule has 0 fully saturated rings. The quantitative estimate of drug-likeness (QED) is 0.658. The Morgan fingerprint density at radius 3 is 2.50 bits per heavy atom. The Morgan fingerprint density at radius 1 is 1.25 bits per heavy atom. The molecule has 2 rings (SSSR count). The van der Waals surface area contributed by atoms with Crippen LogP contribution < -0.4 is 15.0 Å². The minimum atomic E-state index is -0.541. The maximum atomic E-state index is 12.5. The summed E-state index contributed by atoms with van der Waals surface area (Å²) in [5.74, 6) is 0.0163. The normalized spacial score (nSPS) is 10.2. The average molecular weight is 350 g/mol. The molecule has 0 bridgehead atoms. The number of rotatable bonds is 5. The number of amides is 1. The largest absolute Gasteiger partial charge is 0.495 e. The Hall–Kier alpha value is -2.80. The van der Waals surface area contributed by atoms with E-state index >= 15 is 0 Å². The van der Waals surface area contributed by atoms with Crippen LogP contribution in [0.1, 0.15) is 10.4 Å². The summed E-state index contributed by atoms with van der Waals surface area (Å²) in [5.41, 5.74) is 1.07. The first kappa shape index (κ1) is 17.6. The monoisotopic (exact) mass is 349 g/mol. The van der Waals surface area contributed by atoms with E-state index in [1.54, 1.807) is 37.2 Å². The molecule has 0 aliphatic heterocycles. The van der Waals surface area contributed by atoms with Crippen LogP contribution in [0, 0.1) is 10.1 Å². The summed E-state index contributed by atoms with van der Waals surface area (Å²) >= 11 is 6.03. The van der Waals surface area contributed by atoms with E-state index in [9.17, 15) is 14.9 Å². The number of ether oxygens (including phenoxy) is 1. The van der Waals surface area contributed by atoms with Crippen molar-refractivity contribution < 1.29 is 14.5 Å². The molecule has 1 amide bonds. The predicted octanol–water partition coefficient (Wildman–Crippen LogP) is 3.58. The fourth-order valence-corrected chi connectivity index (χ4v) is 2.41. The molecule has 0 saturated carbocycles. The molecule has 2 aromatic rings. The lowest BCUT2D eigenvalue weighted by Crippen LogP contribution is -2.18. The van der Waals surface area contributed by atoms with E-state index in [1.165, 1.54) is 25.3 Å². The highest BCUT2D eigenvalue weighted by Gasteiger charge is 2.18. The van der Waals surface area contributed by atoms with Crippen molar-refractivity contribution in [2.75, 3.05) is 31.4 Å². The van der Waals surface area contributed by atoms with Crippen LogP contribution in [-0.2, 0) is 0 Å². The molecule has 0 unspecified atom stereocenters. The molecular weight excluding hydrogens is 334 g/mol. The van der Waals surface area contributed by atoms with Crippen molar-refractivity contribution in [2.45, 2.75) is 0 Å². The predicted molar refractivity (Wildman–Crippen MR) is 93.4 cm³/mol. The SMILES string of the molecule is COc1ccc(NC(=O)c2cc([N+](=O)[O-])ccc2N(C)C)cc1Cl. The molecule has 0 radical (unpaired) electrons. The van der Waals surface area contributed by atoms with Crippen molar-refractivity contribution in [3.05, 3.63) is 57.1 Å². The number of nitro groups is 1. The molecule has 0 heterocycles. The van der Waals surface area contributed by atoms with E-state index in [0.717, 1.165) is 0 Å². The number of carbonyl (C=O) groups is 1. The standard InChI is InChI=1S/C16H16ClN3O4/c1-19(2)14-6-5-11(20(22)23)9-12(14)16(21)18-10-4-7-15(24-3)13(17)8-10/h4-9H,1-3H3,(H,18,21). The van der Waals surface area contributed by atoms with E-state index in [0.29, 0.717) is 22.1 Å². The number of non-ortho nitro benzene ring substituents is 1. The van der Waals surface area contributed by atoms with E-state index in [-0.39, 0.29) is 11.3 Å². The summed E-state index contributed by atoms with van der Waals surface area (Å²) in [6.07, 6.45) is 0. The maximum absolute atomic E-state index is 12.5. The van der Waals surface area contributed by atoms with Crippen LogP contribution in [-0.4, -0.2) is 32.0 Å². The lowest BCUT2D eigenvalue weighted by molar-refractivity contribution is -0.384. The lowest BCUT2D eigenvalue weighted by Gasteiger charge is -2.17. The molecule has 2 aromatic carbocycles. The Kier molecular flexibility index (Phi) is 5.25. The van der Waals surface area contributed by atoms with Crippen LogP contribution in [0.15, 0.2) is 36.4 Å². The van der Waals surface area contributed by atoms with Gasteiger partial charge in [0.1, 0.15) is 5.75 Å². The molecule has 0 aliphatic carbocycles. The van der Waals surface area contributed by atoms with Crippen molar-refractivity contribution in [2.24, 2.45) is 0 Å². The minimum absolute atomic E-state index is 0.154. The van der Waals surface area contributed by atoms with Gasteiger partial charge in [0.2, 0.25) is 0 Å². The molecular formula is C16H16ClN3O4. The maximum Gasteiger partial charge on any atom is 0.270 e. The number of nitrogens with one attached hydrogen (secondary N) is 1. The van der Waals surface area contributed by atoms with Gasteiger partial charge in [-0.25, -0.2) is 0 Å². The Morgan fingerprint density at radius 2 is 1.96 bits per heavy atom. The molecule has 24 heavy (non-hydrogen) atoms. The number of hydrogen-bond acceptors (Lipinski definition) is 5. The number of anilines is 2. The highest BCUT2D eigenvalue weighted by molar-refractivity contribution is 6.32. The van der Waals surface area contributed by atoms with Crippen LogP contribution in [0.4, 0.5) is 17.1 Å². The first-order valence-electron chi connectivity index (χ1n) is 6.94. The second kappa shape index (κ2) is 7.18.